The van der Waals surface area contributed by atoms with E-state index in [1.807, 2.05) is 72.9 Å². The first-order valence-electron chi connectivity index (χ1n) is 16.0. The van der Waals surface area contributed by atoms with Gasteiger partial charge in [0.1, 0.15) is 0 Å². The Morgan fingerprint density at radius 1 is 0.417 bits per heavy atom. The van der Waals surface area contributed by atoms with Crippen LogP contribution in [0.2, 0.25) is 0 Å². The summed E-state index contributed by atoms with van der Waals surface area (Å²) in [6.07, 6.45) is 1.86. The Labute approximate surface area is 275 Å². The lowest BCUT2D eigenvalue weighted by Crippen LogP contribution is -2.07. The fourth-order valence-corrected chi connectivity index (χ4v) is 7.06. The number of nitrogens with zero attached hydrogens (tertiary/aromatic N) is 6. The molecule has 0 saturated heterocycles. The highest BCUT2D eigenvalue weighted by Crippen LogP contribution is 2.42. The van der Waals surface area contributed by atoms with Crippen LogP contribution < -0.4 is 0 Å². The maximum Gasteiger partial charge on any atom is 0.238 e. The normalized spacial score (nSPS) is 11.8. The van der Waals surface area contributed by atoms with Gasteiger partial charge in [-0.1, -0.05) is 115 Å². The largest absolute Gasteiger partial charge is 0.307 e. The maximum absolute atomic E-state index is 5.20. The third kappa shape index (κ3) is 3.99. The van der Waals surface area contributed by atoms with E-state index in [0.717, 1.165) is 71.3 Å². The van der Waals surface area contributed by atoms with Gasteiger partial charge in [-0.25, -0.2) is 4.98 Å². The summed E-state index contributed by atoms with van der Waals surface area (Å²) >= 11 is 0. The second-order valence-electron chi connectivity index (χ2n) is 12.0. The van der Waals surface area contributed by atoms with Gasteiger partial charge in [0.2, 0.25) is 5.95 Å². The van der Waals surface area contributed by atoms with Crippen LogP contribution >= 0.6 is 0 Å². The fraction of sp³-hybridized carbons (Fsp3) is 0. The van der Waals surface area contributed by atoms with Gasteiger partial charge in [-0.15, -0.1) is 0 Å². The summed E-state index contributed by atoms with van der Waals surface area (Å²) in [7, 11) is 0. The summed E-state index contributed by atoms with van der Waals surface area (Å²) in [6, 6.07) is 52.5. The molecular weight excluding hydrogens is 589 g/mol. The maximum atomic E-state index is 5.20. The van der Waals surface area contributed by atoms with Gasteiger partial charge in [0.25, 0.3) is 0 Å². The van der Waals surface area contributed by atoms with Crippen LogP contribution in [0.4, 0.5) is 0 Å². The van der Waals surface area contributed by atoms with E-state index in [-0.39, 0.29) is 0 Å². The first kappa shape index (κ1) is 26.5. The van der Waals surface area contributed by atoms with E-state index < -0.39 is 0 Å². The molecule has 0 aliphatic heterocycles. The molecule has 48 heavy (non-hydrogen) atoms. The predicted octanol–water partition coefficient (Wildman–Crippen LogP) is 9.95. The van der Waals surface area contributed by atoms with E-state index in [9.17, 15) is 0 Å². The topological polar surface area (TPSA) is 61.4 Å². The van der Waals surface area contributed by atoms with Crippen LogP contribution in [0.25, 0.3) is 88.9 Å². The van der Waals surface area contributed by atoms with Crippen LogP contribution in [0.1, 0.15) is 0 Å². The van der Waals surface area contributed by atoms with E-state index in [2.05, 4.69) is 94.1 Å². The number of hydrogen-bond acceptors (Lipinski definition) is 4. The number of hydrogen-bond donors (Lipinski definition) is 0. The molecule has 10 aromatic rings. The standard InChI is InChI=1S/C42H26N6/c1-4-13-27(14-5-1)40-44-41(28-15-6-2-7-16-28)46-42(45-40)48-36-21-11-10-20-31(36)32-22-23-33-34-26-35-29(17-12-24-43-35)25-37(34)47(38(33)39(32)48)30-18-8-3-9-19-30/h1-26H. The van der Waals surface area contributed by atoms with Gasteiger partial charge in [-0.3, -0.25) is 9.55 Å². The number of rotatable bonds is 4. The fourth-order valence-electron chi connectivity index (χ4n) is 7.06. The lowest BCUT2D eigenvalue weighted by atomic mass is 10.1. The zero-order valence-electron chi connectivity index (χ0n) is 25.7. The zero-order valence-corrected chi connectivity index (χ0v) is 25.7. The molecular formula is C42H26N6. The Kier molecular flexibility index (Phi) is 5.77. The van der Waals surface area contributed by atoms with Crippen LogP contribution in [0.3, 0.4) is 0 Å². The van der Waals surface area contributed by atoms with Crippen molar-refractivity contribution in [3.8, 4) is 34.4 Å². The second kappa shape index (κ2) is 10.4. The van der Waals surface area contributed by atoms with E-state index >= 15 is 0 Å². The van der Waals surface area contributed by atoms with Gasteiger partial charge in [-0.05, 0) is 36.4 Å². The highest BCUT2D eigenvalue weighted by molar-refractivity contribution is 6.24. The van der Waals surface area contributed by atoms with Crippen molar-refractivity contribution in [3.05, 3.63) is 158 Å². The van der Waals surface area contributed by atoms with Crippen molar-refractivity contribution >= 4 is 54.5 Å². The Morgan fingerprint density at radius 2 is 1.02 bits per heavy atom. The van der Waals surface area contributed by atoms with Crippen LogP contribution in [0.5, 0.6) is 0 Å². The average molecular weight is 615 g/mol. The third-order valence-electron chi connectivity index (χ3n) is 9.19. The number of pyridine rings is 1. The molecule has 224 valence electrons. The Hall–Kier alpha value is -6.66. The zero-order chi connectivity index (χ0) is 31.6. The second-order valence-corrected chi connectivity index (χ2v) is 12.0. The molecule has 0 radical (unpaired) electrons. The van der Waals surface area contributed by atoms with E-state index in [1.165, 1.54) is 0 Å². The average Bonchev–Trinajstić information content (AvgIpc) is 3.67. The molecule has 0 saturated carbocycles. The first-order valence-corrected chi connectivity index (χ1v) is 16.0. The van der Waals surface area contributed by atoms with Gasteiger partial charge < -0.3 is 4.57 Å². The quantitative estimate of drug-likeness (QED) is 0.198. The smallest absolute Gasteiger partial charge is 0.238 e. The highest BCUT2D eigenvalue weighted by atomic mass is 15.2. The molecule has 6 aromatic carbocycles. The number of benzene rings is 6. The molecule has 0 fully saturated rings. The summed E-state index contributed by atoms with van der Waals surface area (Å²) in [5.41, 5.74) is 8.18. The molecule has 4 aromatic heterocycles. The molecule has 0 atom stereocenters. The van der Waals surface area contributed by atoms with Crippen molar-refractivity contribution in [2.75, 3.05) is 0 Å². The van der Waals surface area contributed by atoms with Crippen LogP contribution in [0.15, 0.2) is 158 Å². The highest BCUT2D eigenvalue weighted by Gasteiger charge is 2.23. The minimum atomic E-state index is 0.568. The van der Waals surface area contributed by atoms with Gasteiger partial charge in [-0.2, -0.15) is 9.97 Å². The van der Waals surface area contributed by atoms with Crippen molar-refractivity contribution in [3.63, 3.8) is 0 Å². The minimum Gasteiger partial charge on any atom is -0.307 e. The molecule has 0 spiro atoms. The first-order chi connectivity index (χ1) is 23.8. The molecule has 0 aliphatic carbocycles. The Balaban J connectivity index is 1.41. The molecule has 10 rings (SSSR count). The van der Waals surface area contributed by atoms with Crippen molar-refractivity contribution in [1.29, 1.82) is 0 Å². The summed E-state index contributed by atoms with van der Waals surface area (Å²) in [4.78, 5) is 20.1. The van der Waals surface area contributed by atoms with Crippen LogP contribution in [0, 0.1) is 0 Å². The Morgan fingerprint density at radius 3 is 1.73 bits per heavy atom. The lowest BCUT2D eigenvalue weighted by Gasteiger charge is -2.13. The van der Waals surface area contributed by atoms with Crippen molar-refractivity contribution in [2.24, 2.45) is 0 Å². The lowest BCUT2D eigenvalue weighted by molar-refractivity contribution is 0.953. The summed E-state index contributed by atoms with van der Waals surface area (Å²) < 4.78 is 4.61. The van der Waals surface area contributed by atoms with E-state index in [1.54, 1.807) is 0 Å². The molecule has 0 aliphatic rings. The van der Waals surface area contributed by atoms with Crippen molar-refractivity contribution in [1.82, 2.24) is 29.1 Å². The summed E-state index contributed by atoms with van der Waals surface area (Å²) in [5.74, 6) is 1.81. The Bertz CT molecular complexity index is 2760. The molecule has 0 amide bonds. The summed E-state index contributed by atoms with van der Waals surface area (Å²) in [6.45, 7) is 0. The monoisotopic (exact) mass is 614 g/mol. The molecule has 6 heteroatoms. The van der Waals surface area contributed by atoms with E-state index in [0.29, 0.717) is 17.6 Å². The van der Waals surface area contributed by atoms with Crippen molar-refractivity contribution in [2.45, 2.75) is 0 Å². The van der Waals surface area contributed by atoms with E-state index in [4.69, 9.17) is 19.9 Å². The number of para-hydroxylation sites is 2. The van der Waals surface area contributed by atoms with Crippen LogP contribution in [-0.2, 0) is 0 Å². The predicted molar refractivity (Wildman–Crippen MR) is 195 cm³/mol. The van der Waals surface area contributed by atoms with Gasteiger partial charge >= 0.3 is 0 Å². The van der Waals surface area contributed by atoms with Crippen molar-refractivity contribution < 1.29 is 0 Å². The number of aromatic nitrogens is 6. The van der Waals surface area contributed by atoms with Gasteiger partial charge in [0.05, 0.1) is 27.6 Å². The van der Waals surface area contributed by atoms with Crippen LogP contribution in [-0.4, -0.2) is 29.1 Å². The third-order valence-corrected chi connectivity index (χ3v) is 9.19. The molecule has 0 N–H and O–H groups in total. The number of fused-ring (bicyclic) bond motifs is 8. The van der Waals surface area contributed by atoms with Gasteiger partial charge in [0.15, 0.2) is 11.6 Å². The molecule has 6 nitrogen and oxygen atoms in total. The SMILES string of the molecule is c1ccc(-c2nc(-c3ccccc3)nc(-n3c4ccccc4c4ccc5c6cc7ncccc7cc6n(-c6ccccc6)c5c43)n2)cc1. The molecule has 4 heterocycles. The summed E-state index contributed by atoms with van der Waals surface area (Å²) in [5, 5.41) is 5.64. The van der Waals surface area contributed by atoms with Gasteiger partial charge in [0, 0.05) is 49.9 Å². The minimum absolute atomic E-state index is 0.568. The molecule has 0 unspecified atom stereocenters. The molecule has 0 bridgehead atoms.